The number of pyridine rings is 1. The first-order chi connectivity index (χ1) is 15.3. The number of carbonyl (C=O) groups excluding carboxylic acids is 1. The average Bonchev–Trinajstić information content (AvgIpc) is 2.82. The summed E-state index contributed by atoms with van der Waals surface area (Å²) in [5.74, 6) is -0.865. The van der Waals surface area contributed by atoms with E-state index in [1.165, 1.54) is 31.3 Å². The summed E-state index contributed by atoms with van der Waals surface area (Å²) in [6.07, 6.45) is 3.27. The molecule has 2 aromatic carbocycles. The van der Waals surface area contributed by atoms with E-state index >= 15 is 0 Å². The highest BCUT2D eigenvalue weighted by Gasteiger charge is 2.21. The summed E-state index contributed by atoms with van der Waals surface area (Å²) >= 11 is 0. The van der Waals surface area contributed by atoms with Gasteiger partial charge in [0.05, 0.1) is 21.5 Å². The quantitative estimate of drug-likeness (QED) is 0.315. The summed E-state index contributed by atoms with van der Waals surface area (Å²) in [5.41, 5.74) is 1.57. The predicted octanol–water partition coefficient (Wildman–Crippen LogP) is 2.69. The fourth-order valence-corrected chi connectivity index (χ4v) is 4.42. The number of sulfone groups is 1. The fourth-order valence-electron chi connectivity index (χ4n) is 3.13. The minimum Gasteiger partial charge on any atom is -0.507 e. The molecule has 1 aromatic heterocycles. The number of amides is 1. The van der Waals surface area contributed by atoms with Gasteiger partial charge in [0.15, 0.2) is 0 Å². The zero-order valence-electron chi connectivity index (χ0n) is 18.3. The van der Waals surface area contributed by atoms with Gasteiger partial charge >= 0.3 is 0 Å². The van der Waals surface area contributed by atoms with Crippen LogP contribution in [0.4, 0.5) is 0 Å². The number of hydrogen-bond acceptors (Lipinski definition) is 7. The number of carbonyl (C=O) groups is 1. The molecule has 8 nitrogen and oxygen atoms in total. The van der Waals surface area contributed by atoms with E-state index in [2.05, 4.69) is 15.6 Å². The van der Waals surface area contributed by atoms with E-state index in [1.807, 2.05) is 6.07 Å². The number of phenols is 1. The van der Waals surface area contributed by atoms with Gasteiger partial charge in [-0.15, -0.1) is 24.8 Å². The van der Waals surface area contributed by atoms with Gasteiger partial charge in [0.1, 0.15) is 5.75 Å². The van der Waals surface area contributed by atoms with Crippen LogP contribution in [0, 0.1) is 0 Å². The van der Waals surface area contributed by atoms with Crippen molar-refractivity contribution in [2.24, 2.45) is 0 Å². The molecule has 0 aliphatic carbocycles. The second-order valence-electron chi connectivity index (χ2n) is 7.16. The normalized spacial score (nSPS) is 11.6. The first kappa shape index (κ1) is 29.3. The van der Waals surface area contributed by atoms with Crippen LogP contribution in [0.25, 0.3) is 0 Å². The van der Waals surface area contributed by atoms with Crippen molar-refractivity contribution in [1.29, 1.82) is 0 Å². The smallest absolute Gasteiger partial charge is 0.254 e. The molecule has 34 heavy (non-hydrogen) atoms. The highest BCUT2D eigenvalue weighted by atomic mass is 35.5. The number of rotatable bonds is 9. The molecule has 0 unspecified atom stereocenters. The number of aromatic nitrogens is 1. The Hall–Kier alpha value is -2.69. The number of phenolic OH excluding ortho intramolecular Hbond substituents is 1. The zero-order chi connectivity index (χ0) is 23.1. The number of nitrogens with zero attached hydrogens (tertiary/aromatic N) is 1. The van der Waals surface area contributed by atoms with E-state index in [0.29, 0.717) is 19.5 Å². The van der Waals surface area contributed by atoms with Crippen molar-refractivity contribution < 1.29 is 23.4 Å². The van der Waals surface area contributed by atoms with Gasteiger partial charge < -0.3 is 20.8 Å². The molecule has 3 rings (SSSR count). The molecule has 1 heterocycles. The molecule has 1 atom stereocenters. The number of hydrogen-bond donors (Lipinski definition) is 4. The Morgan fingerprint density at radius 3 is 2.35 bits per heavy atom. The molecule has 11 heteroatoms. The van der Waals surface area contributed by atoms with Crippen LogP contribution in [0.15, 0.2) is 76.8 Å². The number of halogens is 2. The lowest BCUT2D eigenvalue weighted by molar-refractivity contribution is 0.0960. The van der Waals surface area contributed by atoms with Crippen molar-refractivity contribution >= 4 is 40.6 Å². The van der Waals surface area contributed by atoms with Crippen molar-refractivity contribution in [3.8, 4) is 5.75 Å². The third-order valence-corrected chi connectivity index (χ3v) is 6.75. The van der Waals surface area contributed by atoms with E-state index in [0.717, 1.165) is 17.2 Å². The molecule has 4 N–H and O–H groups in total. The van der Waals surface area contributed by atoms with Crippen LogP contribution < -0.4 is 10.6 Å². The van der Waals surface area contributed by atoms with Crippen molar-refractivity contribution in [1.82, 2.24) is 15.6 Å². The molecule has 0 bridgehead atoms. The highest BCUT2D eigenvalue weighted by molar-refractivity contribution is 7.91. The largest absolute Gasteiger partial charge is 0.507 e. The maximum Gasteiger partial charge on any atom is 0.254 e. The van der Waals surface area contributed by atoms with Gasteiger partial charge in [-0.05, 0) is 54.9 Å². The standard InChI is InChI=1S/C23H25N3O5S.2ClH/c1-24-23(29)20-13-19(8-9-21(20)27)32(30,31)18-6-4-16(5-7-18)10-12-26-15-22(28)17-3-2-11-25-14-17;;/h2-9,11,13-14,22,26-28H,10,12,15H2,1H3,(H,24,29);2*1H/t22-;;/m1../s1. The molecule has 0 saturated carbocycles. The summed E-state index contributed by atoms with van der Waals surface area (Å²) in [6, 6.07) is 13.7. The van der Waals surface area contributed by atoms with Gasteiger partial charge in [-0.1, -0.05) is 18.2 Å². The second-order valence-corrected chi connectivity index (χ2v) is 9.11. The summed E-state index contributed by atoms with van der Waals surface area (Å²) in [4.78, 5) is 15.9. The Morgan fingerprint density at radius 2 is 1.74 bits per heavy atom. The van der Waals surface area contributed by atoms with E-state index in [1.54, 1.807) is 30.6 Å². The van der Waals surface area contributed by atoms with Crippen LogP contribution in [0.2, 0.25) is 0 Å². The molecule has 0 aliphatic rings. The molecule has 0 saturated heterocycles. The zero-order valence-corrected chi connectivity index (χ0v) is 20.8. The van der Waals surface area contributed by atoms with Crippen LogP contribution in [0.5, 0.6) is 5.75 Å². The molecular formula is C23H27Cl2N3O5S. The number of aromatic hydroxyl groups is 1. The van der Waals surface area contributed by atoms with Crippen LogP contribution in [0.3, 0.4) is 0 Å². The van der Waals surface area contributed by atoms with E-state index < -0.39 is 21.8 Å². The molecule has 0 spiro atoms. The molecular weight excluding hydrogens is 501 g/mol. The van der Waals surface area contributed by atoms with Gasteiger partial charge in [0.2, 0.25) is 9.84 Å². The van der Waals surface area contributed by atoms with Gasteiger partial charge in [-0.3, -0.25) is 9.78 Å². The maximum absolute atomic E-state index is 12.9. The van der Waals surface area contributed by atoms with E-state index in [-0.39, 0.29) is 45.9 Å². The molecule has 0 fully saturated rings. The summed E-state index contributed by atoms with van der Waals surface area (Å²) in [7, 11) is -2.45. The molecule has 184 valence electrons. The van der Waals surface area contributed by atoms with Crippen molar-refractivity contribution in [2.75, 3.05) is 20.1 Å². The molecule has 0 radical (unpaired) electrons. The predicted molar refractivity (Wildman–Crippen MR) is 134 cm³/mol. The minimum atomic E-state index is -3.85. The molecule has 1 amide bonds. The second kappa shape index (κ2) is 13.3. The van der Waals surface area contributed by atoms with E-state index in [9.17, 15) is 23.4 Å². The monoisotopic (exact) mass is 527 g/mol. The maximum atomic E-state index is 12.9. The summed E-state index contributed by atoms with van der Waals surface area (Å²) in [6.45, 7) is 0.990. The molecule has 0 aliphatic heterocycles. The lowest BCUT2D eigenvalue weighted by Crippen LogP contribution is -2.23. The first-order valence-corrected chi connectivity index (χ1v) is 11.5. The number of aliphatic hydroxyl groups excluding tert-OH is 1. The van der Waals surface area contributed by atoms with Gasteiger partial charge in [-0.25, -0.2) is 8.42 Å². The Labute approximate surface area is 211 Å². The Kier molecular flexibility index (Phi) is 11.4. The van der Waals surface area contributed by atoms with E-state index in [4.69, 9.17) is 0 Å². The highest BCUT2D eigenvalue weighted by Crippen LogP contribution is 2.26. The number of aliphatic hydroxyl groups is 1. The lowest BCUT2D eigenvalue weighted by Gasteiger charge is -2.12. The Morgan fingerprint density at radius 1 is 1.06 bits per heavy atom. The SMILES string of the molecule is CNC(=O)c1cc(S(=O)(=O)c2ccc(CCNC[C@@H](O)c3cccnc3)cc2)ccc1O.Cl.Cl. The summed E-state index contributed by atoms with van der Waals surface area (Å²) in [5, 5.41) is 25.5. The molecule has 3 aromatic rings. The Bertz CT molecular complexity index is 1180. The van der Waals surface area contributed by atoms with Gasteiger partial charge in [0.25, 0.3) is 5.91 Å². The van der Waals surface area contributed by atoms with Crippen LogP contribution in [0.1, 0.15) is 27.6 Å². The van der Waals surface area contributed by atoms with Crippen molar-refractivity contribution in [2.45, 2.75) is 22.3 Å². The van der Waals surface area contributed by atoms with Gasteiger partial charge in [-0.2, -0.15) is 0 Å². The first-order valence-electron chi connectivity index (χ1n) is 10.0. The van der Waals surface area contributed by atoms with Crippen LogP contribution in [-0.4, -0.2) is 49.7 Å². The lowest BCUT2D eigenvalue weighted by atomic mass is 10.1. The fraction of sp³-hybridized carbons (Fsp3) is 0.217. The topological polar surface area (TPSA) is 129 Å². The third kappa shape index (κ3) is 7.15. The van der Waals surface area contributed by atoms with Crippen molar-refractivity contribution in [3.05, 3.63) is 83.7 Å². The number of nitrogens with one attached hydrogen (secondary N) is 2. The minimum absolute atomic E-state index is 0. The average molecular weight is 528 g/mol. The van der Waals surface area contributed by atoms with Gasteiger partial charge in [0, 0.05) is 31.5 Å². The summed E-state index contributed by atoms with van der Waals surface area (Å²) < 4.78 is 25.9. The number of benzene rings is 2. The van der Waals surface area contributed by atoms with Crippen molar-refractivity contribution in [3.63, 3.8) is 0 Å². The van der Waals surface area contributed by atoms with Crippen LogP contribution >= 0.6 is 24.8 Å². The van der Waals surface area contributed by atoms with Crippen LogP contribution in [-0.2, 0) is 16.3 Å². The third-order valence-electron chi connectivity index (χ3n) is 4.98. The Balaban J connectivity index is 0.00000289.